The highest BCUT2D eigenvalue weighted by Gasteiger charge is 2.25. The van der Waals surface area contributed by atoms with Crippen LogP contribution in [0.15, 0.2) is 29.1 Å². The standard InChI is InChI=1S/C22H28N4O3/c1-22(2,3)19-11-20-23-17-8-9-25(13-16(17)21(27)26(20)24-19)12-14-10-15(28-4)6-7-18(14)29-5/h6-7,10-11,24H,8-9,12-13H2,1-5H3. The molecule has 0 saturated heterocycles. The molecular formula is C22H28N4O3. The van der Waals surface area contributed by atoms with Gasteiger partial charge in [0.25, 0.3) is 5.56 Å². The molecule has 29 heavy (non-hydrogen) atoms. The normalized spacial score (nSPS) is 14.8. The molecule has 0 saturated carbocycles. The number of H-pyrrole nitrogens is 1. The number of nitrogens with one attached hydrogen (secondary N) is 1. The van der Waals surface area contributed by atoms with Crippen molar-refractivity contribution in [3.8, 4) is 11.5 Å². The summed E-state index contributed by atoms with van der Waals surface area (Å²) in [7, 11) is 3.32. The molecule has 7 nitrogen and oxygen atoms in total. The second-order valence-corrected chi connectivity index (χ2v) is 8.59. The van der Waals surface area contributed by atoms with Gasteiger partial charge < -0.3 is 9.47 Å². The molecule has 0 bridgehead atoms. The van der Waals surface area contributed by atoms with Gasteiger partial charge in [-0.15, -0.1) is 0 Å². The first-order valence-corrected chi connectivity index (χ1v) is 9.87. The van der Waals surface area contributed by atoms with Gasteiger partial charge in [0.05, 0.1) is 25.5 Å². The first-order valence-electron chi connectivity index (χ1n) is 9.87. The molecule has 0 unspecified atom stereocenters. The zero-order valence-corrected chi connectivity index (χ0v) is 17.7. The maximum atomic E-state index is 13.2. The van der Waals surface area contributed by atoms with Gasteiger partial charge in [-0.25, -0.2) is 9.50 Å². The summed E-state index contributed by atoms with van der Waals surface area (Å²) >= 11 is 0. The second kappa shape index (κ2) is 7.22. The number of nitrogens with zero attached hydrogens (tertiary/aromatic N) is 3. The van der Waals surface area contributed by atoms with E-state index < -0.39 is 0 Å². The number of aromatic nitrogens is 3. The van der Waals surface area contributed by atoms with Crippen LogP contribution in [0.2, 0.25) is 0 Å². The van der Waals surface area contributed by atoms with Crippen molar-refractivity contribution in [1.29, 1.82) is 0 Å². The Morgan fingerprint density at radius 3 is 2.66 bits per heavy atom. The Morgan fingerprint density at radius 2 is 1.97 bits per heavy atom. The lowest BCUT2D eigenvalue weighted by molar-refractivity contribution is 0.237. The topological polar surface area (TPSA) is 71.9 Å². The highest BCUT2D eigenvalue weighted by Crippen LogP contribution is 2.27. The number of benzene rings is 1. The Morgan fingerprint density at radius 1 is 1.17 bits per heavy atom. The Hall–Kier alpha value is -2.80. The Labute approximate surface area is 170 Å². The number of hydrogen-bond acceptors (Lipinski definition) is 5. The minimum absolute atomic E-state index is 0.0113. The van der Waals surface area contributed by atoms with Crippen LogP contribution in [0.4, 0.5) is 0 Å². The van der Waals surface area contributed by atoms with Gasteiger partial charge in [-0.1, -0.05) is 20.8 Å². The molecule has 0 aliphatic carbocycles. The van der Waals surface area contributed by atoms with E-state index in [9.17, 15) is 4.79 Å². The van der Waals surface area contributed by atoms with E-state index in [1.807, 2.05) is 24.3 Å². The van der Waals surface area contributed by atoms with Crippen LogP contribution >= 0.6 is 0 Å². The van der Waals surface area contributed by atoms with Crippen molar-refractivity contribution in [2.45, 2.75) is 45.7 Å². The minimum Gasteiger partial charge on any atom is -0.497 e. The highest BCUT2D eigenvalue weighted by molar-refractivity contribution is 5.44. The van der Waals surface area contributed by atoms with Crippen molar-refractivity contribution in [3.63, 3.8) is 0 Å². The summed E-state index contributed by atoms with van der Waals surface area (Å²) in [4.78, 5) is 20.2. The second-order valence-electron chi connectivity index (χ2n) is 8.59. The van der Waals surface area contributed by atoms with Crippen molar-refractivity contribution < 1.29 is 9.47 Å². The fourth-order valence-electron chi connectivity index (χ4n) is 3.80. The summed E-state index contributed by atoms with van der Waals surface area (Å²) in [6, 6.07) is 7.77. The maximum Gasteiger partial charge on any atom is 0.277 e. The predicted molar refractivity (Wildman–Crippen MR) is 112 cm³/mol. The van der Waals surface area contributed by atoms with Crippen molar-refractivity contribution in [2.75, 3.05) is 20.8 Å². The molecule has 1 aromatic carbocycles. The van der Waals surface area contributed by atoms with Gasteiger partial charge in [-0.05, 0) is 18.2 Å². The largest absolute Gasteiger partial charge is 0.497 e. The first kappa shape index (κ1) is 19.5. The van der Waals surface area contributed by atoms with Crippen LogP contribution in [0.3, 0.4) is 0 Å². The fourth-order valence-corrected chi connectivity index (χ4v) is 3.80. The number of ether oxygens (including phenoxy) is 2. The third-order valence-electron chi connectivity index (χ3n) is 5.53. The molecule has 154 valence electrons. The maximum absolute atomic E-state index is 13.2. The molecular weight excluding hydrogens is 368 g/mol. The Bertz CT molecular complexity index is 1110. The molecule has 1 aliphatic heterocycles. The number of methoxy groups -OCH3 is 2. The number of hydrogen-bond donors (Lipinski definition) is 1. The molecule has 3 heterocycles. The van der Waals surface area contributed by atoms with Crippen molar-refractivity contribution in [2.24, 2.45) is 0 Å². The third-order valence-corrected chi connectivity index (χ3v) is 5.53. The van der Waals surface area contributed by atoms with Gasteiger partial charge in [-0.2, -0.15) is 0 Å². The summed E-state index contributed by atoms with van der Waals surface area (Å²) < 4.78 is 12.4. The zero-order chi connectivity index (χ0) is 20.8. The molecule has 1 N–H and O–H groups in total. The molecule has 3 aromatic rings. The lowest BCUT2D eigenvalue weighted by Crippen LogP contribution is -2.36. The smallest absolute Gasteiger partial charge is 0.277 e. The van der Waals surface area contributed by atoms with E-state index in [4.69, 9.17) is 14.5 Å². The lowest BCUT2D eigenvalue weighted by atomic mass is 9.93. The molecule has 0 atom stereocenters. The van der Waals surface area contributed by atoms with E-state index in [0.29, 0.717) is 18.7 Å². The van der Waals surface area contributed by atoms with Crippen LogP contribution in [-0.2, 0) is 24.9 Å². The van der Waals surface area contributed by atoms with Crippen LogP contribution in [0.5, 0.6) is 11.5 Å². The van der Waals surface area contributed by atoms with E-state index in [1.165, 1.54) is 0 Å². The minimum atomic E-state index is -0.0738. The quantitative estimate of drug-likeness (QED) is 0.734. The van der Waals surface area contributed by atoms with E-state index >= 15 is 0 Å². The zero-order valence-electron chi connectivity index (χ0n) is 17.7. The summed E-state index contributed by atoms with van der Waals surface area (Å²) in [5.74, 6) is 1.61. The van der Waals surface area contributed by atoms with Gasteiger partial charge in [-0.3, -0.25) is 14.8 Å². The number of rotatable bonds is 4. The summed E-state index contributed by atoms with van der Waals surface area (Å²) in [6.45, 7) is 8.44. The molecule has 1 aliphatic rings. The van der Waals surface area contributed by atoms with Gasteiger partial charge >= 0.3 is 0 Å². The van der Waals surface area contributed by atoms with Crippen molar-refractivity contribution >= 4 is 5.65 Å². The molecule has 4 rings (SSSR count). The number of fused-ring (bicyclic) bond motifs is 2. The van der Waals surface area contributed by atoms with E-state index in [2.05, 4.69) is 30.8 Å². The molecule has 0 amide bonds. The van der Waals surface area contributed by atoms with Crippen LogP contribution in [0.1, 0.15) is 43.3 Å². The van der Waals surface area contributed by atoms with Crippen molar-refractivity contribution in [3.05, 3.63) is 57.1 Å². The van der Waals surface area contributed by atoms with E-state index in [-0.39, 0.29) is 11.0 Å². The van der Waals surface area contributed by atoms with E-state index in [0.717, 1.165) is 47.0 Å². The average molecular weight is 396 g/mol. The predicted octanol–water partition coefficient (Wildman–Crippen LogP) is 2.90. The molecule has 0 radical (unpaired) electrons. The van der Waals surface area contributed by atoms with Crippen LogP contribution in [0.25, 0.3) is 5.65 Å². The Kier molecular flexibility index (Phi) is 4.86. The van der Waals surface area contributed by atoms with Gasteiger partial charge in [0.1, 0.15) is 11.5 Å². The van der Waals surface area contributed by atoms with Gasteiger partial charge in [0.15, 0.2) is 5.65 Å². The first-order chi connectivity index (χ1) is 13.8. The Balaban J connectivity index is 1.66. The summed E-state index contributed by atoms with van der Waals surface area (Å²) in [6.07, 6.45) is 0.753. The number of aromatic amines is 1. The van der Waals surface area contributed by atoms with E-state index in [1.54, 1.807) is 18.7 Å². The molecule has 2 aromatic heterocycles. The van der Waals surface area contributed by atoms with Crippen molar-refractivity contribution in [1.82, 2.24) is 19.5 Å². The molecule has 0 fully saturated rings. The summed E-state index contributed by atoms with van der Waals surface area (Å²) in [5.41, 5.74) is 4.32. The lowest BCUT2D eigenvalue weighted by Gasteiger charge is -2.28. The van der Waals surface area contributed by atoms with Gasteiger partial charge in [0.2, 0.25) is 0 Å². The molecule has 0 spiro atoms. The van der Waals surface area contributed by atoms with Crippen LogP contribution < -0.4 is 15.0 Å². The van der Waals surface area contributed by atoms with Crippen LogP contribution in [0, 0.1) is 0 Å². The summed E-state index contributed by atoms with van der Waals surface area (Å²) in [5, 5.41) is 3.24. The van der Waals surface area contributed by atoms with Gasteiger partial charge in [0, 0.05) is 48.8 Å². The van der Waals surface area contributed by atoms with Crippen LogP contribution in [-0.4, -0.2) is 40.3 Å². The molecule has 7 heteroatoms. The third kappa shape index (κ3) is 3.62. The monoisotopic (exact) mass is 396 g/mol. The SMILES string of the molecule is COc1ccc(OC)c(CN2CCc3nc4cc(C(C)(C)C)[nH]n4c(=O)c3C2)c1. The fraction of sp³-hybridized carbons (Fsp3) is 0.455. The average Bonchev–Trinajstić information content (AvgIpc) is 3.13. The highest BCUT2D eigenvalue weighted by atomic mass is 16.5.